The van der Waals surface area contributed by atoms with E-state index in [1.54, 1.807) is 38.5 Å². The molecule has 1 fully saturated rings. The molecule has 0 bridgehead atoms. The summed E-state index contributed by atoms with van der Waals surface area (Å²) in [5.41, 5.74) is 1.68. The van der Waals surface area contributed by atoms with Gasteiger partial charge in [-0.2, -0.15) is 0 Å². The number of carbonyl (C=O) groups excluding carboxylic acids is 1. The van der Waals surface area contributed by atoms with Gasteiger partial charge in [0, 0.05) is 17.1 Å². The number of esters is 1. The van der Waals surface area contributed by atoms with Gasteiger partial charge in [0.1, 0.15) is 6.10 Å². The molecular weight excluding hydrogens is 380 g/mol. The molecule has 0 saturated heterocycles. The van der Waals surface area contributed by atoms with Crippen LogP contribution in [-0.4, -0.2) is 23.1 Å². The predicted octanol–water partition coefficient (Wildman–Crippen LogP) is 5.56. The van der Waals surface area contributed by atoms with Gasteiger partial charge in [-0.1, -0.05) is 33.3 Å². The van der Waals surface area contributed by atoms with Crippen LogP contribution in [0, 0.1) is 22.7 Å². The highest BCUT2D eigenvalue weighted by molar-refractivity contribution is 5.89. The van der Waals surface area contributed by atoms with Crippen LogP contribution in [0.25, 0.3) is 0 Å². The number of furan rings is 1. The van der Waals surface area contributed by atoms with Crippen molar-refractivity contribution in [3.63, 3.8) is 0 Å². The Morgan fingerprint density at radius 3 is 2.63 bits per heavy atom. The predicted molar refractivity (Wildman–Crippen MR) is 115 cm³/mol. The second-order valence-corrected chi connectivity index (χ2v) is 9.82. The molecule has 1 aromatic rings. The molecule has 4 atom stereocenters. The molecule has 3 rings (SSSR count). The lowest BCUT2D eigenvalue weighted by Gasteiger charge is -2.58. The van der Waals surface area contributed by atoms with Crippen LogP contribution >= 0.6 is 0 Å². The highest BCUT2D eigenvalue weighted by Gasteiger charge is 2.57. The molecule has 2 aliphatic carbocycles. The Morgan fingerprint density at radius 2 is 2.03 bits per heavy atom. The molecule has 0 unspecified atom stereocenters. The van der Waals surface area contributed by atoms with E-state index in [0.717, 1.165) is 37.7 Å². The fraction of sp³-hybridized carbons (Fsp3) is 0.600. The Morgan fingerprint density at radius 1 is 1.30 bits per heavy atom. The summed E-state index contributed by atoms with van der Waals surface area (Å²) >= 11 is 0. The van der Waals surface area contributed by atoms with E-state index in [-0.39, 0.29) is 28.6 Å². The van der Waals surface area contributed by atoms with Crippen molar-refractivity contribution in [3.05, 3.63) is 47.5 Å². The number of ether oxygens (including phenoxy) is 1. The Balaban J connectivity index is 2.03. The summed E-state index contributed by atoms with van der Waals surface area (Å²) in [6.45, 7) is 10.2. The van der Waals surface area contributed by atoms with Gasteiger partial charge >= 0.3 is 11.9 Å². The van der Waals surface area contributed by atoms with Crippen molar-refractivity contribution in [1.82, 2.24) is 0 Å². The number of carbonyl (C=O) groups is 2. The largest absolute Gasteiger partial charge is 0.478 e. The first kappa shape index (κ1) is 22.4. The molecule has 1 saturated carbocycles. The second-order valence-electron chi connectivity index (χ2n) is 9.82. The molecule has 0 aromatic carbocycles. The number of carboxylic acids is 1. The normalized spacial score (nSPS) is 30.9. The third-order valence-electron chi connectivity index (χ3n) is 7.48. The summed E-state index contributed by atoms with van der Waals surface area (Å²) in [5.74, 6) is -1.33. The fourth-order valence-corrected chi connectivity index (χ4v) is 5.97. The Bertz CT molecular complexity index is 845. The van der Waals surface area contributed by atoms with Gasteiger partial charge in [-0.05, 0) is 74.0 Å². The third kappa shape index (κ3) is 4.12. The van der Waals surface area contributed by atoms with Gasteiger partial charge in [0.15, 0.2) is 0 Å². The fourth-order valence-electron chi connectivity index (χ4n) is 5.97. The minimum Gasteiger partial charge on any atom is -0.478 e. The van der Waals surface area contributed by atoms with E-state index in [4.69, 9.17) is 9.15 Å². The minimum absolute atomic E-state index is 0.0593. The zero-order valence-corrected chi connectivity index (χ0v) is 18.7. The van der Waals surface area contributed by atoms with E-state index < -0.39 is 12.1 Å². The molecule has 1 heterocycles. The van der Waals surface area contributed by atoms with Gasteiger partial charge in [0.2, 0.25) is 0 Å². The van der Waals surface area contributed by atoms with Crippen molar-refractivity contribution < 1.29 is 23.8 Å². The molecule has 0 amide bonds. The van der Waals surface area contributed by atoms with E-state index in [1.807, 2.05) is 6.07 Å². The topological polar surface area (TPSA) is 76.7 Å². The summed E-state index contributed by atoms with van der Waals surface area (Å²) in [6.07, 6.45) is 10.8. The monoisotopic (exact) mass is 414 g/mol. The highest BCUT2D eigenvalue weighted by atomic mass is 16.5. The van der Waals surface area contributed by atoms with Crippen LogP contribution in [0.5, 0.6) is 0 Å². The maximum absolute atomic E-state index is 12.6. The lowest BCUT2D eigenvalue weighted by molar-refractivity contribution is -0.161. The Labute approximate surface area is 179 Å². The van der Waals surface area contributed by atoms with Crippen LogP contribution in [0.4, 0.5) is 0 Å². The molecular formula is C25H34O5. The van der Waals surface area contributed by atoms with Gasteiger partial charge in [0.25, 0.3) is 0 Å². The molecule has 1 aromatic heterocycles. The first-order valence-corrected chi connectivity index (χ1v) is 10.9. The van der Waals surface area contributed by atoms with Crippen molar-refractivity contribution in [1.29, 1.82) is 0 Å². The maximum atomic E-state index is 12.6. The van der Waals surface area contributed by atoms with Gasteiger partial charge in [0.05, 0.1) is 12.5 Å². The van der Waals surface area contributed by atoms with Gasteiger partial charge < -0.3 is 14.3 Å². The maximum Gasteiger partial charge on any atom is 0.333 e. The standard InChI is InChI=1S/C25H34O5/c1-6-16(2)23(28)30-20-14-18(22(26)27)19(9-8-17-10-13-29-15-17)25(5)12-7-11-24(3,4)21(20)25/h6,10,13-15,19-21H,7-9,11-12H2,1-5H3,(H,26,27)/b16-6-/t19-,20-,21-,25+/m0/s1. The summed E-state index contributed by atoms with van der Waals surface area (Å²) in [5, 5.41) is 10.1. The molecule has 164 valence electrons. The van der Waals surface area contributed by atoms with Crippen molar-refractivity contribution >= 4 is 11.9 Å². The lowest BCUT2D eigenvalue weighted by atomic mass is 9.47. The Kier molecular flexibility index (Phi) is 6.30. The third-order valence-corrected chi connectivity index (χ3v) is 7.48. The zero-order chi connectivity index (χ0) is 22.1. The quantitative estimate of drug-likeness (QED) is 0.487. The highest BCUT2D eigenvalue weighted by Crippen LogP contribution is 2.61. The average Bonchev–Trinajstić information content (AvgIpc) is 3.18. The van der Waals surface area contributed by atoms with E-state index in [1.165, 1.54) is 0 Å². The van der Waals surface area contributed by atoms with Crippen molar-refractivity contribution in [3.8, 4) is 0 Å². The summed E-state index contributed by atoms with van der Waals surface area (Å²) in [7, 11) is 0. The number of rotatable bonds is 6. The number of carboxylic acid groups (broad SMARTS) is 1. The van der Waals surface area contributed by atoms with Crippen LogP contribution in [0.2, 0.25) is 0 Å². The number of hydrogen-bond donors (Lipinski definition) is 1. The molecule has 5 nitrogen and oxygen atoms in total. The first-order chi connectivity index (χ1) is 14.1. The van der Waals surface area contributed by atoms with Gasteiger partial charge in [-0.15, -0.1) is 0 Å². The molecule has 0 aliphatic heterocycles. The van der Waals surface area contributed by atoms with E-state index in [9.17, 15) is 14.7 Å². The molecule has 0 radical (unpaired) electrons. The van der Waals surface area contributed by atoms with Crippen LogP contribution in [0.3, 0.4) is 0 Å². The molecule has 2 aliphatic rings. The second kappa shape index (κ2) is 8.44. The Hall–Kier alpha value is -2.30. The van der Waals surface area contributed by atoms with Crippen molar-refractivity contribution in [2.24, 2.45) is 22.7 Å². The summed E-state index contributed by atoms with van der Waals surface area (Å²) in [4.78, 5) is 24.9. The van der Waals surface area contributed by atoms with E-state index in [0.29, 0.717) is 11.1 Å². The number of aliphatic carboxylic acids is 1. The first-order valence-electron chi connectivity index (χ1n) is 10.9. The lowest BCUT2D eigenvalue weighted by Crippen LogP contribution is -2.56. The minimum atomic E-state index is -0.918. The summed E-state index contributed by atoms with van der Waals surface area (Å²) < 4.78 is 11.1. The van der Waals surface area contributed by atoms with Crippen LogP contribution in [0.1, 0.15) is 65.9 Å². The molecule has 30 heavy (non-hydrogen) atoms. The van der Waals surface area contributed by atoms with Crippen LogP contribution < -0.4 is 0 Å². The number of aryl methyl sites for hydroxylation is 1. The zero-order valence-electron chi connectivity index (χ0n) is 18.7. The average molecular weight is 415 g/mol. The van der Waals surface area contributed by atoms with Crippen molar-refractivity contribution in [2.45, 2.75) is 72.8 Å². The van der Waals surface area contributed by atoms with E-state index in [2.05, 4.69) is 20.8 Å². The number of fused-ring (bicyclic) bond motifs is 1. The van der Waals surface area contributed by atoms with Crippen molar-refractivity contribution in [2.75, 3.05) is 0 Å². The molecule has 5 heteroatoms. The van der Waals surface area contributed by atoms with Crippen LogP contribution in [0.15, 0.2) is 46.3 Å². The summed E-state index contributed by atoms with van der Waals surface area (Å²) in [6, 6.07) is 1.93. The number of hydrogen-bond acceptors (Lipinski definition) is 4. The van der Waals surface area contributed by atoms with Crippen LogP contribution in [-0.2, 0) is 20.7 Å². The smallest absolute Gasteiger partial charge is 0.333 e. The van der Waals surface area contributed by atoms with Gasteiger partial charge in [-0.3, -0.25) is 0 Å². The number of allylic oxidation sites excluding steroid dienone is 1. The van der Waals surface area contributed by atoms with E-state index >= 15 is 0 Å². The molecule has 1 N–H and O–H groups in total. The van der Waals surface area contributed by atoms with Gasteiger partial charge in [-0.25, -0.2) is 9.59 Å². The SMILES string of the molecule is C/C=C(/C)C(=O)O[C@H]1C=C(C(=O)O)[C@H](CCc2ccoc2)[C@@]2(C)CCCC(C)(C)[C@H]12. The molecule has 0 spiro atoms.